The van der Waals surface area contributed by atoms with Crippen LogP contribution in [0.4, 0.5) is 16.2 Å². The van der Waals surface area contributed by atoms with Gasteiger partial charge < -0.3 is 10.6 Å². The molecule has 98 valence electrons. The molecular weight excluding hydrogens is 324 g/mol. The number of amides is 2. The van der Waals surface area contributed by atoms with E-state index in [4.69, 9.17) is 0 Å². The predicted octanol–water partition coefficient (Wildman–Crippen LogP) is 4.82. The number of urea groups is 1. The molecule has 2 rings (SSSR count). The van der Waals surface area contributed by atoms with Crippen molar-refractivity contribution in [2.75, 3.05) is 16.9 Å². The number of benzene rings is 2. The molecule has 0 aromatic heterocycles. The molecular formula is C14H13BrN2OS. The molecule has 5 heteroatoms. The lowest BCUT2D eigenvalue weighted by molar-refractivity contribution is 0.262. The Kier molecular flexibility index (Phi) is 4.87. The highest BCUT2D eigenvalue weighted by Gasteiger charge is 2.07. The van der Waals surface area contributed by atoms with Gasteiger partial charge >= 0.3 is 6.03 Å². The van der Waals surface area contributed by atoms with Crippen LogP contribution in [0.1, 0.15) is 0 Å². The average Bonchev–Trinajstić information content (AvgIpc) is 2.42. The summed E-state index contributed by atoms with van der Waals surface area (Å²) in [5.41, 5.74) is 1.54. The Morgan fingerprint density at radius 2 is 1.58 bits per heavy atom. The van der Waals surface area contributed by atoms with Crippen molar-refractivity contribution in [3.05, 3.63) is 53.0 Å². The molecule has 0 aliphatic rings. The highest BCUT2D eigenvalue weighted by molar-refractivity contribution is 9.10. The maximum atomic E-state index is 11.9. The van der Waals surface area contributed by atoms with Crippen LogP contribution in [0.2, 0.25) is 0 Å². The number of hydrogen-bond donors (Lipinski definition) is 2. The van der Waals surface area contributed by atoms with Crippen molar-refractivity contribution < 1.29 is 4.79 Å². The quantitative estimate of drug-likeness (QED) is 0.789. The van der Waals surface area contributed by atoms with E-state index in [1.165, 1.54) is 0 Å². The van der Waals surface area contributed by atoms with Gasteiger partial charge in [-0.15, -0.1) is 11.8 Å². The average molecular weight is 337 g/mol. The smallest absolute Gasteiger partial charge is 0.307 e. The van der Waals surface area contributed by atoms with E-state index in [-0.39, 0.29) is 6.03 Å². The maximum absolute atomic E-state index is 11.9. The molecule has 0 unspecified atom stereocenters. The lowest BCUT2D eigenvalue weighted by Crippen LogP contribution is -2.20. The molecule has 2 aromatic rings. The largest absolute Gasteiger partial charge is 0.323 e. The molecule has 0 bridgehead atoms. The van der Waals surface area contributed by atoms with Crippen molar-refractivity contribution in [1.82, 2.24) is 0 Å². The SMILES string of the molecule is CSc1ccccc1NC(=O)Nc1ccccc1Br. The molecule has 19 heavy (non-hydrogen) atoms. The standard InChI is InChI=1S/C14H13BrN2OS/c1-19-13-9-5-4-8-12(13)17-14(18)16-11-7-3-2-6-10(11)15/h2-9H,1H3,(H2,16,17,18). The fraction of sp³-hybridized carbons (Fsp3) is 0.0714. The van der Waals surface area contributed by atoms with Gasteiger partial charge in [0.05, 0.1) is 11.4 Å². The minimum Gasteiger partial charge on any atom is -0.307 e. The Bertz CT molecular complexity index is 589. The Labute approximate surface area is 124 Å². The van der Waals surface area contributed by atoms with Gasteiger partial charge in [0.1, 0.15) is 0 Å². The number of thioether (sulfide) groups is 1. The van der Waals surface area contributed by atoms with E-state index in [0.29, 0.717) is 0 Å². The van der Waals surface area contributed by atoms with Crippen molar-refractivity contribution in [2.24, 2.45) is 0 Å². The zero-order chi connectivity index (χ0) is 13.7. The Balaban J connectivity index is 2.08. The minimum absolute atomic E-state index is 0.256. The second-order valence-corrected chi connectivity index (χ2v) is 5.46. The van der Waals surface area contributed by atoms with Gasteiger partial charge in [0.2, 0.25) is 0 Å². The normalized spacial score (nSPS) is 10.0. The van der Waals surface area contributed by atoms with Crippen molar-refractivity contribution in [2.45, 2.75) is 4.90 Å². The first-order valence-electron chi connectivity index (χ1n) is 5.66. The van der Waals surface area contributed by atoms with Gasteiger partial charge in [-0.1, -0.05) is 24.3 Å². The van der Waals surface area contributed by atoms with E-state index < -0.39 is 0 Å². The first kappa shape index (κ1) is 14.0. The fourth-order valence-corrected chi connectivity index (χ4v) is 2.52. The van der Waals surface area contributed by atoms with E-state index in [1.807, 2.05) is 54.8 Å². The van der Waals surface area contributed by atoms with Crippen LogP contribution >= 0.6 is 27.7 Å². The number of carbonyl (C=O) groups excluding carboxylic acids is 1. The molecule has 0 radical (unpaired) electrons. The van der Waals surface area contributed by atoms with Crippen LogP contribution in [0.15, 0.2) is 57.9 Å². The Morgan fingerprint density at radius 1 is 1.00 bits per heavy atom. The van der Waals surface area contributed by atoms with Gasteiger partial charge in [-0.25, -0.2) is 4.79 Å². The molecule has 0 fully saturated rings. The van der Waals surface area contributed by atoms with Gasteiger partial charge in [0.15, 0.2) is 0 Å². The van der Waals surface area contributed by atoms with E-state index in [1.54, 1.807) is 11.8 Å². The second-order valence-electron chi connectivity index (χ2n) is 3.76. The summed E-state index contributed by atoms with van der Waals surface area (Å²) in [4.78, 5) is 13.0. The summed E-state index contributed by atoms with van der Waals surface area (Å²) in [5, 5.41) is 5.65. The number of para-hydroxylation sites is 2. The number of nitrogens with one attached hydrogen (secondary N) is 2. The minimum atomic E-state index is -0.256. The molecule has 2 amide bonds. The van der Waals surface area contributed by atoms with Crippen molar-refractivity contribution in [1.29, 1.82) is 0 Å². The van der Waals surface area contributed by atoms with Gasteiger partial charge in [-0.05, 0) is 46.5 Å². The molecule has 0 aliphatic heterocycles. The molecule has 2 N–H and O–H groups in total. The summed E-state index contributed by atoms with van der Waals surface area (Å²) >= 11 is 4.99. The van der Waals surface area contributed by atoms with Gasteiger partial charge in [0, 0.05) is 9.37 Å². The molecule has 2 aromatic carbocycles. The van der Waals surface area contributed by atoms with Gasteiger partial charge in [0.25, 0.3) is 0 Å². The molecule has 0 heterocycles. The van der Waals surface area contributed by atoms with E-state index in [9.17, 15) is 4.79 Å². The molecule has 0 saturated heterocycles. The third-order valence-electron chi connectivity index (χ3n) is 2.48. The summed E-state index contributed by atoms with van der Waals surface area (Å²) in [6.45, 7) is 0. The summed E-state index contributed by atoms with van der Waals surface area (Å²) in [7, 11) is 0. The van der Waals surface area contributed by atoms with Crippen LogP contribution in [0.3, 0.4) is 0 Å². The third kappa shape index (κ3) is 3.75. The second kappa shape index (κ2) is 6.63. The molecule has 0 saturated carbocycles. The van der Waals surface area contributed by atoms with E-state index in [0.717, 1.165) is 20.7 Å². The lowest BCUT2D eigenvalue weighted by atomic mass is 10.3. The zero-order valence-corrected chi connectivity index (χ0v) is 12.7. The Hall–Kier alpha value is -1.46. The zero-order valence-electron chi connectivity index (χ0n) is 10.3. The van der Waals surface area contributed by atoms with Gasteiger partial charge in [-0.2, -0.15) is 0 Å². The lowest BCUT2D eigenvalue weighted by Gasteiger charge is -2.11. The summed E-state index contributed by atoms with van der Waals surface area (Å²) < 4.78 is 0.850. The van der Waals surface area contributed by atoms with Crippen LogP contribution in [0.25, 0.3) is 0 Å². The van der Waals surface area contributed by atoms with E-state index >= 15 is 0 Å². The number of anilines is 2. The summed E-state index contributed by atoms with van der Waals surface area (Å²) in [5.74, 6) is 0. The fourth-order valence-electron chi connectivity index (χ4n) is 1.59. The van der Waals surface area contributed by atoms with Crippen molar-refractivity contribution in [3.63, 3.8) is 0 Å². The van der Waals surface area contributed by atoms with Crippen LogP contribution in [-0.2, 0) is 0 Å². The maximum Gasteiger partial charge on any atom is 0.323 e. The highest BCUT2D eigenvalue weighted by Crippen LogP contribution is 2.25. The number of halogens is 1. The first-order valence-corrected chi connectivity index (χ1v) is 7.68. The summed E-state index contributed by atoms with van der Waals surface area (Å²) in [6.07, 6.45) is 1.98. The Morgan fingerprint density at radius 3 is 2.26 bits per heavy atom. The van der Waals surface area contributed by atoms with Crippen LogP contribution in [-0.4, -0.2) is 12.3 Å². The number of hydrogen-bond acceptors (Lipinski definition) is 2. The van der Waals surface area contributed by atoms with Gasteiger partial charge in [-0.3, -0.25) is 0 Å². The first-order chi connectivity index (χ1) is 9.20. The number of rotatable bonds is 3. The molecule has 3 nitrogen and oxygen atoms in total. The van der Waals surface area contributed by atoms with Crippen molar-refractivity contribution in [3.8, 4) is 0 Å². The van der Waals surface area contributed by atoms with Crippen LogP contribution in [0, 0.1) is 0 Å². The molecule has 0 spiro atoms. The molecule has 0 atom stereocenters. The van der Waals surface area contributed by atoms with Crippen LogP contribution < -0.4 is 10.6 Å². The number of carbonyl (C=O) groups is 1. The van der Waals surface area contributed by atoms with E-state index in [2.05, 4.69) is 26.6 Å². The van der Waals surface area contributed by atoms with Crippen LogP contribution in [0.5, 0.6) is 0 Å². The summed E-state index contributed by atoms with van der Waals surface area (Å²) in [6, 6.07) is 14.9. The van der Waals surface area contributed by atoms with Crippen molar-refractivity contribution >= 4 is 45.1 Å². The molecule has 0 aliphatic carbocycles. The topological polar surface area (TPSA) is 41.1 Å². The monoisotopic (exact) mass is 336 g/mol. The highest BCUT2D eigenvalue weighted by atomic mass is 79.9. The predicted molar refractivity (Wildman–Crippen MR) is 85.0 cm³/mol. The third-order valence-corrected chi connectivity index (χ3v) is 3.96.